The zero-order valence-corrected chi connectivity index (χ0v) is 5.64. The summed E-state index contributed by atoms with van der Waals surface area (Å²) in [7, 11) is 1.03. The summed E-state index contributed by atoms with van der Waals surface area (Å²) in [6.07, 6.45) is 4.55. The summed E-state index contributed by atoms with van der Waals surface area (Å²) in [6.45, 7) is -0.129. The van der Waals surface area contributed by atoms with Crippen LogP contribution in [-0.2, 0) is 0 Å². The van der Waals surface area contributed by atoms with Gasteiger partial charge < -0.3 is 10.2 Å². The van der Waals surface area contributed by atoms with E-state index in [0.29, 0.717) is 6.42 Å². The van der Waals surface area contributed by atoms with Crippen molar-refractivity contribution in [1.29, 1.82) is 0 Å². The molecular formula is C5H11O2P. The SMILES string of the molecule is C=PCCC(O)CO. The van der Waals surface area contributed by atoms with Crippen LogP contribution in [0.4, 0.5) is 0 Å². The Morgan fingerprint density at radius 1 is 1.62 bits per heavy atom. The van der Waals surface area contributed by atoms with E-state index >= 15 is 0 Å². The van der Waals surface area contributed by atoms with Crippen LogP contribution in [0, 0.1) is 0 Å². The molecule has 2 N–H and O–H groups in total. The minimum Gasteiger partial charge on any atom is -0.394 e. The van der Waals surface area contributed by atoms with Crippen LogP contribution in [0.1, 0.15) is 6.42 Å². The molecule has 8 heavy (non-hydrogen) atoms. The normalized spacial score (nSPS) is 14.2. The lowest BCUT2D eigenvalue weighted by Gasteiger charge is -2.01. The Kier molecular flexibility index (Phi) is 5.29. The summed E-state index contributed by atoms with van der Waals surface area (Å²) in [5.41, 5.74) is 0. The molecular weight excluding hydrogens is 123 g/mol. The van der Waals surface area contributed by atoms with E-state index in [0.717, 1.165) is 14.4 Å². The Morgan fingerprint density at radius 3 is 2.62 bits per heavy atom. The van der Waals surface area contributed by atoms with Gasteiger partial charge in [0.25, 0.3) is 0 Å². The maximum absolute atomic E-state index is 8.71. The first kappa shape index (κ1) is 8.09. The Bertz CT molecular complexity index is 65.4. The highest BCUT2D eigenvalue weighted by Gasteiger charge is 1.97. The standard InChI is InChI=1S/C5H11O2P/c1-8-3-2-5(7)4-6/h5-7H,1-4H2. The molecule has 0 saturated heterocycles. The first-order valence-corrected chi connectivity index (χ1v) is 3.79. The lowest BCUT2D eigenvalue weighted by Crippen LogP contribution is -2.11. The molecule has 3 heteroatoms. The molecule has 0 spiro atoms. The van der Waals surface area contributed by atoms with Crippen molar-refractivity contribution in [3.63, 3.8) is 0 Å². The fourth-order valence-corrected chi connectivity index (χ4v) is 0.812. The van der Waals surface area contributed by atoms with Crippen molar-refractivity contribution >= 4 is 14.5 Å². The van der Waals surface area contributed by atoms with E-state index in [1.54, 1.807) is 0 Å². The highest BCUT2D eigenvalue weighted by atomic mass is 31.1. The van der Waals surface area contributed by atoms with Gasteiger partial charge in [-0.05, 0) is 12.6 Å². The molecule has 0 radical (unpaired) electrons. The number of hydrogen-bond donors (Lipinski definition) is 2. The van der Waals surface area contributed by atoms with E-state index in [4.69, 9.17) is 10.2 Å². The molecule has 0 aliphatic rings. The molecule has 0 bridgehead atoms. The molecule has 2 nitrogen and oxygen atoms in total. The van der Waals surface area contributed by atoms with Crippen LogP contribution in [0.15, 0.2) is 0 Å². The maximum Gasteiger partial charge on any atom is 0.0777 e. The molecule has 0 aromatic heterocycles. The van der Waals surface area contributed by atoms with E-state index in [1.165, 1.54) is 0 Å². The molecule has 0 amide bonds. The van der Waals surface area contributed by atoms with Crippen molar-refractivity contribution in [3.05, 3.63) is 0 Å². The fourth-order valence-electron chi connectivity index (χ4n) is 0.332. The van der Waals surface area contributed by atoms with Gasteiger partial charge in [-0.3, -0.25) is 0 Å². The summed E-state index contributed by atoms with van der Waals surface area (Å²) in [4.78, 5) is 0. The van der Waals surface area contributed by atoms with Gasteiger partial charge in [-0.1, -0.05) is 6.30 Å². The molecule has 0 aliphatic carbocycles. The summed E-state index contributed by atoms with van der Waals surface area (Å²) in [5, 5.41) is 17.0. The highest BCUT2D eigenvalue weighted by molar-refractivity contribution is 7.36. The second kappa shape index (κ2) is 5.23. The van der Waals surface area contributed by atoms with Crippen molar-refractivity contribution in [1.82, 2.24) is 0 Å². The monoisotopic (exact) mass is 134 g/mol. The molecule has 0 saturated carbocycles. The minimum absolute atomic E-state index is 0.129. The average Bonchev–Trinajstić information content (AvgIpc) is 1.83. The summed E-state index contributed by atoms with van der Waals surface area (Å²) < 4.78 is 0. The highest BCUT2D eigenvalue weighted by Crippen LogP contribution is 1.97. The van der Waals surface area contributed by atoms with E-state index in [-0.39, 0.29) is 6.61 Å². The molecule has 0 heterocycles. The van der Waals surface area contributed by atoms with Crippen molar-refractivity contribution in [3.8, 4) is 0 Å². The van der Waals surface area contributed by atoms with Crippen molar-refractivity contribution in [2.75, 3.05) is 12.8 Å². The van der Waals surface area contributed by atoms with Gasteiger partial charge in [0.15, 0.2) is 0 Å². The number of aliphatic hydroxyl groups excluding tert-OH is 2. The molecule has 0 rings (SSSR count). The Labute approximate surface area is 51.0 Å². The van der Waals surface area contributed by atoms with Crippen molar-refractivity contribution in [2.24, 2.45) is 0 Å². The Morgan fingerprint density at radius 2 is 2.25 bits per heavy atom. The molecule has 0 fully saturated rings. The molecule has 0 aliphatic heterocycles. The van der Waals surface area contributed by atoms with Gasteiger partial charge in [0.2, 0.25) is 0 Å². The van der Waals surface area contributed by atoms with E-state index < -0.39 is 6.10 Å². The van der Waals surface area contributed by atoms with E-state index in [2.05, 4.69) is 6.30 Å². The summed E-state index contributed by atoms with van der Waals surface area (Å²) >= 11 is 0. The van der Waals surface area contributed by atoms with Crippen LogP contribution >= 0.6 is 8.20 Å². The molecule has 48 valence electrons. The molecule has 1 atom stereocenters. The van der Waals surface area contributed by atoms with E-state index in [1.807, 2.05) is 0 Å². The van der Waals surface area contributed by atoms with Crippen LogP contribution in [0.5, 0.6) is 0 Å². The topological polar surface area (TPSA) is 40.5 Å². The zero-order valence-electron chi connectivity index (χ0n) is 4.75. The molecule has 0 aromatic carbocycles. The smallest absolute Gasteiger partial charge is 0.0777 e. The van der Waals surface area contributed by atoms with Gasteiger partial charge in [-0.25, -0.2) is 0 Å². The third-order valence-corrected chi connectivity index (χ3v) is 1.41. The van der Waals surface area contributed by atoms with Gasteiger partial charge in [0.05, 0.1) is 12.7 Å². The van der Waals surface area contributed by atoms with Crippen LogP contribution in [0.3, 0.4) is 0 Å². The van der Waals surface area contributed by atoms with Gasteiger partial charge in [-0.2, -0.15) is 0 Å². The van der Waals surface area contributed by atoms with Crippen molar-refractivity contribution < 1.29 is 10.2 Å². The maximum atomic E-state index is 8.71. The predicted octanol–water partition coefficient (Wildman–Crippen LogP) is 0.108. The fraction of sp³-hybridized carbons (Fsp3) is 0.800. The van der Waals surface area contributed by atoms with E-state index in [9.17, 15) is 0 Å². The lowest BCUT2D eigenvalue weighted by molar-refractivity contribution is 0.0932. The largest absolute Gasteiger partial charge is 0.394 e. The predicted molar refractivity (Wildman–Crippen MR) is 36.6 cm³/mol. The third-order valence-electron chi connectivity index (χ3n) is 0.831. The van der Waals surface area contributed by atoms with Gasteiger partial charge in [0.1, 0.15) is 0 Å². The number of aliphatic hydroxyl groups is 2. The average molecular weight is 134 g/mol. The first-order valence-electron chi connectivity index (χ1n) is 2.52. The van der Waals surface area contributed by atoms with Gasteiger partial charge in [0, 0.05) is 0 Å². The Balaban J connectivity index is 2.97. The number of hydrogen-bond acceptors (Lipinski definition) is 2. The molecule has 1 unspecified atom stereocenters. The zero-order chi connectivity index (χ0) is 6.41. The van der Waals surface area contributed by atoms with Gasteiger partial charge in [-0.15, -0.1) is 8.20 Å². The third kappa shape index (κ3) is 4.25. The first-order chi connectivity index (χ1) is 3.81. The minimum atomic E-state index is -0.538. The molecule has 0 aromatic rings. The second-order valence-electron chi connectivity index (χ2n) is 1.57. The number of rotatable bonds is 4. The van der Waals surface area contributed by atoms with Crippen LogP contribution in [-0.4, -0.2) is 35.4 Å². The summed E-state index contributed by atoms with van der Waals surface area (Å²) in [6, 6.07) is 0. The van der Waals surface area contributed by atoms with Crippen molar-refractivity contribution in [2.45, 2.75) is 12.5 Å². The van der Waals surface area contributed by atoms with Gasteiger partial charge >= 0.3 is 0 Å². The quantitative estimate of drug-likeness (QED) is 0.535. The van der Waals surface area contributed by atoms with Crippen LogP contribution < -0.4 is 0 Å². The van der Waals surface area contributed by atoms with Crippen LogP contribution in [0.2, 0.25) is 0 Å². The summed E-state index contributed by atoms with van der Waals surface area (Å²) in [5.74, 6) is 0. The lowest BCUT2D eigenvalue weighted by atomic mass is 10.3. The Hall–Kier alpha value is 0.0900. The second-order valence-corrected chi connectivity index (χ2v) is 2.47. The van der Waals surface area contributed by atoms with Crippen LogP contribution in [0.25, 0.3) is 0 Å².